The minimum atomic E-state index is 0.458. The van der Waals surface area contributed by atoms with Crippen molar-refractivity contribution >= 4 is 5.96 Å². The van der Waals surface area contributed by atoms with E-state index < -0.39 is 0 Å². The summed E-state index contributed by atoms with van der Waals surface area (Å²) in [4.78, 5) is 6.75. The molecule has 19 heavy (non-hydrogen) atoms. The van der Waals surface area contributed by atoms with Crippen molar-refractivity contribution in [3.8, 4) is 0 Å². The zero-order chi connectivity index (χ0) is 14.1. The molecule has 1 atom stereocenters. The molecule has 1 aliphatic rings. The predicted molar refractivity (Wildman–Crippen MR) is 80.7 cm³/mol. The van der Waals surface area contributed by atoms with Gasteiger partial charge in [0.1, 0.15) is 0 Å². The van der Waals surface area contributed by atoms with Crippen molar-refractivity contribution < 1.29 is 4.74 Å². The summed E-state index contributed by atoms with van der Waals surface area (Å²) >= 11 is 0. The van der Waals surface area contributed by atoms with E-state index in [0.717, 1.165) is 44.7 Å². The highest BCUT2D eigenvalue weighted by molar-refractivity contribution is 5.79. The highest BCUT2D eigenvalue weighted by atomic mass is 16.5. The van der Waals surface area contributed by atoms with Crippen LogP contribution in [0.25, 0.3) is 0 Å². The lowest BCUT2D eigenvalue weighted by Gasteiger charge is -2.23. The molecule has 5 nitrogen and oxygen atoms in total. The van der Waals surface area contributed by atoms with E-state index in [-0.39, 0.29) is 0 Å². The lowest BCUT2D eigenvalue weighted by molar-refractivity contribution is 0.144. The molecule has 1 unspecified atom stereocenters. The molecule has 0 spiro atoms. The van der Waals surface area contributed by atoms with Gasteiger partial charge in [-0.1, -0.05) is 6.92 Å². The maximum Gasteiger partial charge on any atom is 0.191 e. The van der Waals surface area contributed by atoms with E-state index >= 15 is 0 Å². The Morgan fingerprint density at radius 3 is 2.68 bits per heavy atom. The fourth-order valence-electron chi connectivity index (χ4n) is 1.97. The number of nitrogens with zero attached hydrogens (tertiary/aromatic N) is 2. The summed E-state index contributed by atoms with van der Waals surface area (Å²) in [6, 6.07) is 1.24. The van der Waals surface area contributed by atoms with Crippen LogP contribution in [-0.2, 0) is 4.74 Å². The summed E-state index contributed by atoms with van der Waals surface area (Å²) in [6.45, 7) is 8.16. The molecule has 0 aromatic carbocycles. The van der Waals surface area contributed by atoms with E-state index in [1.165, 1.54) is 12.8 Å². The van der Waals surface area contributed by atoms with Crippen molar-refractivity contribution in [1.29, 1.82) is 0 Å². The molecule has 1 saturated carbocycles. The SMILES string of the molecule is CCC(C)NC(=NC)NCCN(CCOC)C1CC1. The van der Waals surface area contributed by atoms with E-state index in [9.17, 15) is 0 Å². The summed E-state index contributed by atoms with van der Waals surface area (Å²) in [5.41, 5.74) is 0. The van der Waals surface area contributed by atoms with Crippen LogP contribution in [0.5, 0.6) is 0 Å². The first-order valence-electron chi connectivity index (χ1n) is 7.41. The van der Waals surface area contributed by atoms with Gasteiger partial charge in [-0.15, -0.1) is 0 Å². The van der Waals surface area contributed by atoms with Crippen molar-refractivity contribution in [3.63, 3.8) is 0 Å². The molecule has 0 bridgehead atoms. The van der Waals surface area contributed by atoms with E-state index in [4.69, 9.17) is 4.74 Å². The van der Waals surface area contributed by atoms with Crippen LogP contribution in [0.4, 0.5) is 0 Å². The molecule has 0 aromatic rings. The molecule has 2 N–H and O–H groups in total. The maximum absolute atomic E-state index is 5.17. The van der Waals surface area contributed by atoms with Gasteiger partial charge in [0.25, 0.3) is 0 Å². The molecule has 0 aliphatic heterocycles. The third kappa shape index (κ3) is 6.78. The molecule has 0 aromatic heterocycles. The Morgan fingerprint density at radius 2 is 2.16 bits per heavy atom. The van der Waals surface area contributed by atoms with Gasteiger partial charge >= 0.3 is 0 Å². The largest absolute Gasteiger partial charge is 0.383 e. The van der Waals surface area contributed by atoms with E-state index in [1.807, 2.05) is 7.05 Å². The van der Waals surface area contributed by atoms with Gasteiger partial charge < -0.3 is 15.4 Å². The Bertz CT molecular complexity index is 266. The summed E-state index contributed by atoms with van der Waals surface area (Å²) in [5, 5.41) is 6.75. The standard InChI is InChI=1S/C14H30N4O/c1-5-12(2)17-14(15-3)16-8-9-18(10-11-19-4)13-6-7-13/h12-13H,5-11H2,1-4H3,(H2,15,16,17). The average Bonchev–Trinajstić information content (AvgIpc) is 3.25. The third-order valence-electron chi connectivity index (χ3n) is 3.56. The van der Waals surface area contributed by atoms with Crippen LogP contribution in [0.1, 0.15) is 33.1 Å². The zero-order valence-corrected chi connectivity index (χ0v) is 12.9. The zero-order valence-electron chi connectivity index (χ0n) is 12.9. The first-order valence-corrected chi connectivity index (χ1v) is 7.41. The van der Waals surface area contributed by atoms with Crippen molar-refractivity contribution in [2.75, 3.05) is 40.4 Å². The van der Waals surface area contributed by atoms with Gasteiger partial charge in [0.2, 0.25) is 0 Å². The minimum Gasteiger partial charge on any atom is -0.383 e. The Labute approximate surface area is 117 Å². The molecular formula is C14H30N4O. The second-order valence-corrected chi connectivity index (χ2v) is 5.21. The number of ether oxygens (including phenoxy) is 1. The highest BCUT2D eigenvalue weighted by Gasteiger charge is 2.28. The molecule has 1 fully saturated rings. The van der Waals surface area contributed by atoms with Gasteiger partial charge in [-0.05, 0) is 26.2 Å². The van der Waals surface area contributed by atoms with Crippen LogP contribution in [0.3, 0.4) is 0 Å². The van der Waals surface area contributed by atoms with Crippen LogP contribution >= 0.6 is 0 Å². The molecule has 5 heteroatoms. The number of aliphatic imine (C=N–C) groups is 1. The average molecular weight is 270 g/mol. The molecule has 0 radical (unpaired) electrons. The van der Waals surface area contributed by atoms with Crippen molar-refractivity contribution in [2.45, 2.75) is 45.2 Å². The van der Waals surface area contributed by atoms with Crippen molar-refractivity contribution in [3.05, 3.63) is 0 Å². The summed E-state index contributed by atoms with van der Waals surface area (Å²) in [5.74, 6) is 0.900. The number of hydrogen-bond acceptors (Lipinski definition) is 3. The van der Waals surface area contributed by atoms with Gasteiger partial charge in [0.15, 0.2) is 5.96 Å². The number of nitrogens with one attached hydrogen (secondary N) is 2. The van der Waals surface area contributed by atoms with Crippen molar-refractivity contribution in [2.24, 2.45) is 4.99 Å². The first kappa shape index (κ1) is 16.2. The van der Waals surface area contributed by atoms with Gasteiger partial charge in [0.05, 0.1) is 6.61 Å². The summed E-state index contributed by atoms with van der Waals surface area (Å²) < 4.78 is 5.17. The molecule has 0 amide bonds. The Kier molecular flexibility index (Phi) is 7.82. The molecule has 0 heterocycles. The van der Waals surface area contributed by atoms with E-state index in [2.05, 4.69) is 34.4 Å². The molecule has 1 rings (SSSR count). The Hall–Kier alpha value is -0.810. The normalized spacial score (nSPS) is 17.6. The maximum atomic E-state index is 5.17. The number of hydrogen-bond donors (Lipinski definition) is 2. The second-order valence-electron chi connectivity index (χ2n) is 5.21. The lowest BCUT2D eigenvalue weighted by atomic mass is 10.3. The molecule has 112 valence electrons. The fraction of sp³-hybridized carbons (Fsp3) is 0.929. The summed E-state index contributed by atoms with van der Waals surface area (Å²) in [6.07, 6.45) is 3.77. The van der Waals surface area contributed by atoms with Crippen LogP contribution < -0.4 is 10.6 Å². The molecule has 0 saturated heterocycles. The number of rotatable bonds is 9. The Morgan fingerprint density at radius 1 is 1.42 bits per heavy atom. The van der Waals surface area contributed by atoms with Crippen LogP contribution in [0.15, 0.2) is 4.99 Å². The van der Waals surface area contributed by atoms with Gasteiger partial charge in [-0.3, -0.25) is 9.89 Å². The quantitative estimate of drug-likeness (QED) is 0.486. The van der Waals surface area contributed by atoms with Gasteiger partial charge in [0, 0.05) is 45.9 Å². The molecular weight excluding hydrogens is 240 g/mol. The van der Waals surface area contributed by atoms with Crippen molar-refractivity contribution in [1.82, 2.24) is 15.5 Å². The monoisotopic (exact) mass is 270 g/mol. The third-order valence-corrected chi connectivity index (χ3v) is 3.56. The number of guanidine groups is 1. The summed E-state index contributed by atoms with van der Waals surface area (Å²) in [7, 11) is 3.59. The smallest absolute Gasteiger partial charge is 0.191 e. The van der Waals surface area contributed by atoms with Gasteiger partial charge in [-0.25, -0.2) is 0 Å². The van der Waals surface area contributed by atoms with E-state index in [1.54, 1.807) is 7.11 Å². The lowest BCUT2D eigenvalue weighted by Crippen LogP contribution is -2.45. The van der Waals surface area contributed by atoms with Crippen LogP contribution in [-0.4, -0.2) is 63.3 Å². The first-order chi connectivity index (χ1) is 9.21. The number of methoxy groups -OCH3 is 1. The van der Waals surface area contributed by atoms with Gasteiger partial charge in [-0.2, -0.15) is 0 Å². The highest BCUT2D eigenvalue weighted by Crippen LogP contribution is 2.25. The second kappa shape index (κ2) is 9.15. The van der Waals surface area contributed by atoms with E-state index in [0.29, 0.717) is 6.04 Å². The van der Waals surface area contributed by atoms with Crippen LogP contribution in [0, 0.1) is 0 Å². The predicted octanol–water partition coefficient (Wildman–Crippen LogP) is 1.06. The minimum absolute atomic E-state index is 0.458. The molecule has 1 aliphatic carbocycles. The topological polar surface area (TPSA) is 48.9 Å². The van der Waals surface area contributed by atoms with Crippen LogP contribution in [0.2, 0.25) is 0 Å². The Balaban J connectivity index is 2.22. The fourth-order valence-corrected chi connectivity index (χ4v) is 1.97.